The molecule has 0 heterocycles. The first kappa shape index (κ1) is 26.0. The Labute approximate surface area is 201 Å². The third-order valence-electron chi connectivity index (χ3n) is 6.12. The van der Waals surface area contributed by atoms with Crippen molar-refractivity contribution >= 4 is 49.1 Å². The fourth-order valence-corrected chi connectivity index (χ4v) is 6.92. The molecule has 0 unspecified atom stereocenters. The quantitative estimate of drug-likeness (QED) is 0.179. The molecule has 166 valence electrons. The lowest BCUT2D eigenvalue weighted by molar-refractivity contribution is 0.282. The number of hydrogen-bond acceptors (Lipinski definition) is 1. The van der Waals surface area contributed by atoms with Crippen molar-refractivity contribution in [2.45, 2.75) is 51.7 Å². The predicted molar refractivity (Wildman–Crippen MR) is 147 cm³/mol. The Bertz CT molecular complexity index is 883. The van der Waals surface area contributed by atoms with Crippen LogP contribution >= 0.6 is 24.9 Å². The summed E-state index contributed by atoms with van der Waals surface area (Å²) in [4.78, 5) is 0. The topological polar surface area (TPSA) is 9.23 Å². The minimum Gasteiger partial charge on any atom is -0.417 e. The van der Waals surface area contributed by atoms with Crippen LogP contribution in [-0.4, -0.2) is 14.9 Å². The fraction of sp³-hybridized carbons (Fsp3) is 0.333. The minimum absolute atomic E-state index is 0. The molecule has 0 N–H and O–H groups in total. The lowest BCUT2D eigenvalue weighted by Crippen LogP contribution is -2.41. The molecule has 0 atom stereocenters. The molecule has 0 spiro atoms. The standard InChI is InChI=1S/C27H35OPSi.BrH/c1-27(2,3)30(4,5)28-22-14-16-23-15-12-13-21-26(23)29(24-17-8-6-9-18-24)25-19-10-7-11-20-25;/h6-13,15,17-21H,14,16,22H2,1-5H3;1H. The number of aryl methyl sites for hydroxylation is 1. The van der Waals surface area contributed by atoms with Crippen LogP contribution < -0.4 is 15.9 Å². The smallest absolute Gasteiger partial charge is 0.191 e. The van der Waals surface area contributed by atoms with E-state index in [0.717, 1.165) is 19.4 Å². The van der Waals surface area contributed by atoms with Crippen LogP contribution in [0.25, 0.3) is 0 Å². The lowest BCUT2D eigenvalue weighted by atomic mass is 10.1. The van der Waals surface area contributed by atoms with Crippen LogP contribution in [0.3, 0.4) is 0 Å². The van der Waals surface area contributed by atoms with Gasteiger partial charge < -0.3 is 4.43 Å². The molecule has 0 aliphatic heterocycles. The van der Waals surface area contributed by atoms with Gasteiger partial charge >= 0.3 is 0 Å². The molecule has 0 bridgehead atoms. The molecule has 31 heavy (non-hydrogen) atoms. The number of hydrogen-bond donors (Lipinski definition) is 0. The zero-order valence-corrected chi connectivity index (χ0v) is 23.1. The molecule has 0 fully saturated rings. The predicted octanol–water partition coefficient (Wildman–Crippen LogP) is 6.98. The molecule has 3 aromatic carbocycles. The summed E-state index contributed by atoms with van der Waals surface area (Å²) in [5, 5.41) is 4.55. The molecular weight excluding hydrogens is 479 g/mol. The van der Waals surface area contributed by atoms with Crippen LogP contribution in [0.1, 0.15) is 32.8 Å². The molecule has 4 heteroatoms. The zero-order chi connectivity index (χ0) is 21.6. The van der Waals surface area contributed by atoms with E-state index in [1.54, 1.807) is 0 Å². The van der Waals surface area contributed by atoms with Crippen molar-refractivity contribution in [2.24, 2.45) is 0 Å². The number of halogens is 1. The highest BCUT2D eigenvalue weighted by atomic mass is 79.9. The first-order chi connectivity index (χ1) is 14.3. The van der Waals surface area contributed by atoms with Crippen LogP contribution in [-0.2, 0) is 10.8 Å². The van der Waals surface area contributed by atoms with E-state index in [4.69, 9.17) is 4.43 Å². The maximum atomic E-state index is 6.43. The van der Waals surface area contributed by atoms with Gasteiger partial charge in [-0.15, -0.1) is 17.0 Å². The summed E-state index contributed by atoms with van der Waals surface area (Å²) < 4.78 is 6.43. The normalized spacial score (nSPS) is 11.9. The Morgan fingerprint density at radius 1 is 0.742 bits per heavy atom. The Kier molecular flexibility index (Phi) is 9.70. The molecule has 3 aromatic rings. The highest BCUT2D eigenvalue weighted by Gasteiger charge is 2.36. The molecular formula is C27H36BrOPSi. The average molecular weight is 516 g/mol. The van der Waals surface area contributed by atoms with Crippen molar-refractivity contribution in [3.8, 4) is 0 Å². The van der Waals surface area contributed by atoms with E-state index in [1.807, 2.05) is 0 Å². The summed E-state index contributed by atoms with van der Waals surface area (Å²) in [6, 6.07) is 30.9. The van der Waals surface area contributed by atoms with Crippen LogP contribution in [0.4, 0.5) is 0 Å². The van der Waals surface area contributed by atoms with Gasteiger partial charge in [-0.3, -0.25) is 0 Å². The maximum Gasteiger partial charge on any atom is 0.191 e. The molecule has 0 aliphatic rings. The molecule has 3 rings (SSSR count). The molecule has 0 aromatic heterocycles. The van der Waals surface area contributed by atoms with E-state index in [1.165, 1.54) is 21.5 Å². The van der Waals surface area contributed by atoms with Gasteiger partial charge in [0.2, 0.25) is 0 Å². The second-order valence-electron chi connectivity index (χ2n) is 9.35. The summed E-state index contributed by atoms with van der Waals surface area (Å²) in [7, 11) is -2.24. The van der Waals surface area contributed by atoms with Crippen LogP contribution in [0, 0.1) is 0 Å². The second-order valence-corrected chi connectivity index (χ2v) is 16.3. The van der Waals surface area contributed by atoms with Crippen LogP contribution in [0.2, 0.25) is 18.1 Å². The molecule has 0 saturated carbocycles. The van der Waals surface area contributed by atoms with Gasteiger partial charge in [0, 0.05) is 6.61 Å². The zero-order valence-electron chi connectivity index (χ0n) is 19.5. The summed E-state index contributed by atoms with van der Waals surface area (Å²) >= 11 is 0. The van der Waals surface area contributed by atoms with E-state index in [0.29, 0.717) is 0 Å². The van der Waals surface area contributed by atoms with Gasteiger partial charge in [-0.25, -0.2) is 0 Å². The summed E-state index contributed by atoms with van der Waals surface area (Å²) in [6.45, 7) is 12.4. The van der Waals surface area contributed by atoms with Crippen molar-refractivity contribution in [3.05, 3.63) is 90.5 Å². The number of rotatable bonds is 8. The second kappa shape index (κ2) is 11.6. The maximum absolute atomic E-state index is 6.43. The fourth-order valence-electron chi connectivity index (χ4n) is 3.33. The highest BCUT2D eigenvalue weighted by Crippen LogP contribution is 2.37. The third-order valence-corrected chi connectivity index (χ3v) is 13.2. The van der Waals surface area contributed by atoms with Crippen molar-refractivity contribution < 1.29 is 4.43 Å². The Hall–Kier alpha value is -1.25. The Morgan fingerprint density at radius 3 is 1.74 bits per heavy atom. The van der Waals surface area contributed by atoms with Crippen molar-refractivity contribution in [2.75, 3.05) is 6.61 Å². The molecule has 0 amide bonds. The monoisotopic (exact) mass is 514 g/mol. The Balaban J connectivity index is 0.00000341. The summed E-state index contributed by atoms with van der Waals surface area (Å²) in [5.41, 5.74) is 1.45. The van der Waals surface area contributed by atoms with E-state index in [-0.39, 0.29) is 22.0 Å². The van der Waals surface area contributed by atoms with Gasteiger partial charge in [-0.05, 0) is 60.4 Å². The largest absolute Gasteiger partial charge is 0.417 e. The van der Waals surface area contributed by atoms with Gasteiger partial charge in [-0.2, -0.15) is 0 Å². The van der Waals surface area contributed by atoms with E-state index in [9.17, 15) is 0 Å². The average Bonchev–Trinajstić information content (AvgIpc) is 2.73. The molecule has 0 saturated heterocycles. The number of benzene rings is 3. The van der Waals surface area contributed by atoms with Crippen molar-refractivity contribution in [3.63, 3.8) is 0 Å². The van der Waals surface area contributed by atoms with Crippen molar-refractivity contribution in [1.29, 1.82) is 0 Å². The van der Waals surface area contributed by atoms with E-state index < -0.39 is 16.2 Å². The van der Waals surface area contributed by atoms with E-state index in [2.05, 4.69) is 119 Å². The molecule has 0 radical (unpaired) electrons. The summed E-state index contributed by atoms with van der Waals surface area (Å²) in [5.74, 6) is 0. The first-order valence-electron chi connectivity index (χ1n) is 10.9. The summed E-state index contributed by atoms with van der Waals surface area (Å²) in [6.07, 6.45) is 2.12. The lowest BCUT2D eigenvalue weighted by Gasteiger charge is -2.36. The van der Waals surface area contributed by atoms with E-state index >= 15 is 0 Å². The van der Waals surface area contributed by atoms with Crippen LogP contribution in [0.5, 0.6) is 0 Å². The van der Waals surface area contributed by atoms with Gasteiger partial charge in [0.15, 0.2) is 8.32 Å². The van der Waals surface area contributed by atoms with Gasteiger partial charge in [0.1, 0.15) is 0 Å². The molecule has 1 nitrogen and oxygen atoms in total. The SMILES string of the molecule is Br.CC(C)(C)[Si](C)(C)OCCCc1ccccc1P(c1ccccc1)c1ccccc1. The van der Waals surface area contributed by atoms with Crippen LogP contribution in [0.15, 0.2) is 84.9 Å². The van der Waals surface area contributed by atoms with Gasteiger partial charge in [0.05, 0.1) is 0 Å². The Morgan fingerprint density at radius 2 is 1.23 bits per heavy atom. The minimum atomic E-state index is -1.68. The van der Waals surface area contributed by atoms with Gasteiger partial charge in [0.25, 0.3) is 0 Å². The highest BCUT2D eigenvalue weighted by molar-refractivity contribution is 8.93. The first-order valence-corrected chi connectivity index (χ1v) is 15.2. The molecule has 0 aliphatic carbocycles. The van der Waals surface area contributed by atoms with Crippen molar-refractivity contribution in [1.82, 2.24) is 0 Å². The third kappa shape index (κ3) is 6.86. The van der Waals surface area contributed by atoms with Gasteiger partial charge in [-0.1, -0.05) is 106 Å².